The van der Waals surface area contributed by atoms with Crippen molar-refractivity contribution < 1.29 is 5.11 Å². The molecule has 1 aliphatic carbocycles. The lowest BCUT2D eigenvalue weighted by Gasteiger charge is -2.15. The quantitative estimate of drug-likeness (QED) is 0.841. The third-order valence-corrected chi connectivity index (χ3v) is 3.74. The zero-order valence-corrected chi connectivity index (χ0v) is 9.82. The highest BCUT2D eigenvalue weighted by Gasteiger charge is 2.41. The molecule has 0 amide bonds. The van der Waals surface area contributed by atoms with E-state index in [0.29, 0.717) is 6.61 Å². The van der Waals surface area contributed by atoms with E-state index in [9.17, 15) is 5.11 Å². The van der Waals surface area contributed by atoms with Gasteiger partial charge in [0, 0.05) is 23.0 Å². The standard InChI is InChI=1S/C15H17NO/c17-11-15(8-9-15)10-16-14-7-3-5-12-4-1-2-6-13(12)14/h1-7,16-17H,8-11H2. The summed E-state index contributed by atoms with van der Waals surface area (Å²) in [5.74, 6) is 0. The normalized spacial score (nSPS) is 17.0. The molecular formula is C15H17NO. The second-order valence-corrected chi connectivity index (χ2v) is 5.04. The van der Waals surface area contributed by atoms with E-state index in [1.807, 2.05) is 0 Å². The summed E-state index contributed by atoms with van der Waals surface area (Å²) in [5.41, 5.74) is 1.32. The number of fused-ring (bicyclic) bond motifs is 1. The van der Waals surface area contributed by atoms with E-state index in [-0.39, 0.29) is 5.41 Å². The van der Waals surface area contributed by atoms with Gasteiger partial charge in [0.2, 0.25) is 0 Å². The van der Waals surface area contributed by atoms with Crippen LogP contribution in [0.25, 0.3) is 10.8 Å². The summed E-state index contributed by atoms with van der Waals surface area (Å²) >= 11 is 0. The first-order chi connectivity index (χ1) is 8.33. The van der Waals surface area contributed by atoms with Crippen LogP contribution in [0, 0.1) is 5.41 Å². The first-order valence-corrected chi connectivity index (χ1v) is 6.16. The van der Waals surface area contributed by atoms with Crippen molar-refractivity contribution in [2.75, 3.05) is 18.5 Å². The molecule has 17 heavy (non-hydrogen) atoms. The van der Waals surface area contributed by atoms with Crippen molar-refractivity contribution in [3.63, 3.8) is 0 Å². The topological polar surface area (TPSA) is 32.3 Å². The first-order valence-electron chi connectivity index (χ1n) is 6.16. The summed E-state index contributed by atoms with van der Waals surface area (Å²) in [6, 6.07) is 14.7. The molecular weight excluding hydrogens is 210 g/mol. The highest BCUT2D eigenvalue weighted by molar-refractivity contribution is 5.93. The van der Waals surface area contributed by atoms with Gasteiger partial charge < -0.3 is 10.4 Å². The summed E-state index contributed by atoms with van der Waals surface area (Å²) < 4.78 is 0. The number of nitrogens with one attached hydrogen (secondary N) is 1. The van der Waals surface area contributed by atoms with Crippen LogP contribution < -0.4 is 5.32 Å². The van der Waals surface area contributed by atoms with Crippen LogP contribution in [0.2, 0.25) is 0 Å². The van der Waals surface area contributed by atoms with Crippen molar-refractivity contribution in [2.45, 2.75) is 12.8 Å². The first kappa shape index (κ1) is 10.6. The monoisotopic (exact) mass is 227 g/mol. The van der Waals surface area contributed by atoms with Crippen LogP contribution in [-0.4, -0.2) is 18.3 Å². The molecule has 1 saturated carbocycles. The molecule has 2 aromatic rings. The van der Waals surface area contributed by atoms with E-state index in [0.717, 1.165) is 19.4 Å². The van der Waals surface area contributed by atoms with Crippen LogP contribution in [0.15, 0.2) is 42.5 Å². The third kappa shape index (κ3) is 2.01. The minimum Gasteiger partial charge on any atom is -0.396 e. The molecule has 2 aromatic carbocycles. The Morgan fingerprint density at radius 1 is 1.06 bits per heavy atom. The van der Waals surface area contributed by atoms with Crippen LogP contribution in [0.5, 0.6) is 0 Å². The van der Waals surface area contributed by atoms with Crippen molar-refractivity contribution in [1.29, 1.82) is 0 Å². The Bertz CT molecular complexity index is 526. The predicted octanol–water partition coefficient (Wildman–Crippen LogP) is 3.02. The van der Waals surface area contributed by atoms with Gasteiger partial charge in [0.1, 0.15) is 0 Å². The van der Waals surface area contributed by atoms with Gasteiger partial charge in [-0.15, -0.1) is 0 Å². The Morgan fingerprint density at radius 2 is 1.82 bits per heavy atom. The lowest BCUT2D eigenvalue weighted by atomic mass is 10.1. The van der Waals surface area contributed by atoms with Crippen LogP contribution in [0.1, 0.15) is 12.8 Å². The molecule has 1 aliphatic rings. The Labute approximate surface area is 101 Å². The molecule has 1 fully saturated rings. The van der Waals surface area contributed by atoms with Crippen molar-refractivity contribution in [1.82, 2.24) is 0 Å². The number of hydrogen-bond donors (Lipinski definition) is 2. The summed E-state index contributed by atoms with van der Waals surface area (Å²) in [4.78, 5) is 0. The van der Waals surface area contributed by atoms with Gasteiger partial charge in [-0.2, -0.15) is 0 Å². The van der Waals surface area contributed by atoms with E-state index < -0.39 is 0 Å². The second kappa shape index (κ2) is 4.04. The maximum atomic E-state index is 9.31. The summed E-state index contributed by atoms with van der Waals surface area (Å²) in [6.45, 7) is 1.17. The van der Waals surface area contributed by atoms with Crippen LogP contribution in [-0.2, 0) is 0 Å². The number of anilines is 1. The number of aliphatic hydroxyl groups is 1. The lowest BCUT2D eigenvalue weighted by molar-refractivity contribution is 0.220. The van der Waals surface area contributed by atoms with Gasteiger partial charge in [0.15, 0.2) is 0 Å². The van der Waals surface area contributed by atoms with E-state index in [1.165, 1.54) is 16.5 Å². The van der Waals surface area contributed by atoms with Crippen LogP contribution in [0.3, 0.4) is 0 Å². The van der Waals surface area contributed by atoms with Gasteiger partial charge in [-0.3, -0.25) is 0 Å². The Morgan fingerprint density at radius 3 is 2.59 bits per heavy atom. The predicted molar refractivity (Wildman–Crippen MR) is 71.2 cm³/mol. The molecule has 0 saturated heterocycles. The SMILES string of the molecule is OCC1(CNc2cccc3ccccc23)CC1. The van der Waals surface area contributed by atoms with Crippen LogP contribution >= 0.6 is 0 Å². The van der Waals surface area contributed by atoms with Crippen LogP contribution in [0.4, 0.5) is 5.69 Å². The highest BCUT2D eigenvalue weighted by atomic mass is 16.3. The van der Waals surface area contributed by atoms with Crippen molar-refractivity contribution in [2.24, 2.45) is 5.41 Å². The maximum absolute atomic E-state index is 9.31. The average molecular weight is 227 g/mol. The molecule has 2 nitrogen and oxygen atoms in total. The minimum absolute atomic E-state index is 0.150. The Kier molecular flexibility index (Phi) is 2.52. The number of rotatable bonds is 4. The molecule has 88 valence electrons. The minimum atomic E-state index is 0.150. The van der Waals surface area contributed by atoms with Crippen molar-refractivity contribution >= 4 is 16.5 Å². The molecule has 0 bridgehead atoms. The molecule has 2 heteroatoms. The van der Waals surface area contributed by atoms with Gasteiger partial charge >= 0.3 is 0 Å². The average Bonchev–Trinajstić information content (AvgIpc) is 3.17. The fourth-order valence-electron chi connectivity index (χ4n) is 2.23. The van der Waals surface area contributed by atoms with Gasteiger partial charge in [-0.05, 0) is 24.3 Å². The fraction of sp³-hybridized carbons (Fsp3) is 0.333. The zero-order chi connectivity index (χ0) is 11.7. The largest absolute Gasteiger partial charge is 0.396 e. The molecule has 0 aliphatic heterocycles. The number of hydrogen-bond acceptors (Lipinski definition) is 2. The zero-order valence-electron chi connectivity index (χ0n) is 9.82. The molecule has 2 N–H and O–H groups in total. The Hall–Kier alpha value is -1.54. The van der Waals surface area contributed by atoms with Crippen molar-refractivity contribution in [3.05, 3.63) is 42.5 Å². The summed E-state index contributed by atoms with van der Waals surface area (Å²) in [6.07, 6.45) is 2.28. The molecule has 3 rings (SSSR count). The van der Waals surface area contributed by atoms with Gasteiger partial charge in [0.05, 0.1) is 6.61 Å². The van der Waals surface area contributed by atoms with E-state index >= 15 is 0 Å². The summed E-state index contributed by atoms with van der Waals surface area (Å²) in [5, 5.41) is 15.3. The van der Waals surface area contributed by atoms with E-state index in [4.69, 9.17) is 0 Å². The molecule has 0 heterocycles. The molecule has 0 radical (unpaired) electrons. The van der Waals surface area contributed by atoms with Gasteiger partial charge in [-0.25, -0.2) is 0 Å². The summed E-state index contributed by atoms with van der Waals surface area (Å²) in [7, 11) is 0. The molecule has 0 atom stereocenters. The number of benzene rings is 2. The molecule has 0 aromatic heterocycles. The Balaban J connectivity index is 1.85. The van der Waals surface area contributed by atoms with Gasteiger partial charge in [-0.1, -0.05) is 36.4 Å². The molecule has 0 unspecified atom stereocenters. The number of aliphatic hydroxyl groups excluding tert-OH is 1. The lowest BCUT2D eigenvalue weighted by Crippen LogP contribution is -2.19. The third-order valence-electron chi connectivity index (χ3n) is 3.74. The smallest absolute Gasteiger partial charge is 0.0504 e. The fourth-order valence-corrected chi connectivity index (χ4v) is 2.23. The maximum Gasteiger partial charge on any atom is 0.0504 e. The van der Waals surface area contributed by atoms with E-state index in [2.05, 4.69) is 47.8 Å². The molecule has 0 spiro atoms. The highest BCUT2D eigenvalue weighted by Crippen LogP contribution is 2.45. The van der Waals surface area contributed by atoms with Crippen molar-refractivity contribution in [3.8, 4) is 0 Å². The van der Waals surface area contributed by atoms with Gasteiger partial charge in [0.25, 0.3) is 0 Å². The van der Waals surface area contributed by atoms with E-state index in [1.54, 1.807) is 0 Å². The second-order valence-electron chi connectivity index (χ2n) is 5.04.